The Hall–Kier alpha value is -3.80. The van der Waals surface area contributed by atoms with Crippen molar-refractivity contribution in [1.29, 1.82) is 0 Å². The molecule has 0 heterocycles. The Bertz CT molecular complexity index is 1060. The molecule has 0 saturated heterocycles. The van der Waals surface area contributed by atoms with Gasteiger partial charge < -0.3 is 20.1 Å². The molecule has 154 valence electrons. The third kappa shape index (κ3) is 5.61. The van der Waals surface area contributed by atoms with Crippen LogP contribution < -0.4 is 20.1 Å². The van der Waals surface area contributed by atoms with Crippen LogP contribution in [-0.4, -0.2) is 18.9 Å². The monoisotopic (exact) mass is 404 g/mol. The summed E-state index contributed by atoms with van der Waals surface area (Å²) < 4.78 is 11.2. The second kappa shape index (κ2) is 9.60. The fourth-order valence-corrected chi connectivity index (χ4v) is 2.98. The lowest BCUT2D eigenvalue weighted by atomic mass is 10.1. The van der Waals surface area contributed by atoms with Crippen LogP contribution >= 0.6 is 0 Å². The number of hydrogen-bond acceptors (Lipinski definition) is 4. The molecule has 0 spiro atoms. The first-order chi connectivity index (χ1) is 14.4. The highest BCUT2D eigenvalue weighted by Crippen LogP contribution is 2.28. The van der Waals surface area contributed by atoms with Gasteiger partial charge in [-0.05, 0) is 48.9 Å². The topological polar surface area (TPSA) is 76.7 Å². The molecule has 0 atom stereocenters. The van der Waals surface area contributed by atoms with E-state index in [4.69, 9.17) is 9.47 Å². The van der Waals surface area contributed by atoms with E-state index in [1.54, 1.807) is 36.4 Å². The van der Waals surface area contributed by atoms with E-state index in [1.807, 2.05) is 31.2 Å². The first-order valence-electron chi connectivity index (χ1n) is 9.50. The van der Waals surface area contributed by atoms with E-state index in [2.05, 4.69) is 16.7 Å². The Kier molecular flexibility index (Phi) is 6.70. The number of anilines is 2. The second-order valence-corrected chi connectivity index (χ2v) is 6.86. The SMILES string of the molecule is COc1ccc(NC(C)=O)cc1NC(=O)c1cccc(OCc2cccc(C)c2)c1. The minimum absolute atomic E-state index is 0.198. The predicted molar refractivity (Wildman–Crippen MR) is 117 cm³/mol. The maximum Gasteiger partial charge on any atom is 0.255 e. The lowest BCUT2D eigenvalue weighted by Gasteiger charge is -2.13. The molecule has 0 saturated carbocycles. The molecule has 0 aliphatic rings. The van der Waals surface area contributed by atoms with E-state index in [9.17, 15) is 9.59 Å². The van der Waals surface area contributed by atoms with Crippen LogP contribution in [0.15, 0.2) is 66.7 Å². The molecule has 2 N–H and O–H groups in total. The van der Waals surface area contributed by atoms with E-state index in [1.165, 1.54) is 19.6 Å². The van der Waals surface area contributed by atoms with Crippen molar-refractivity contribution in [3.05, 3.63) is 83.4 Å². The Morgan fingerprint density at radius 1 is 0.933 bits per heavy atom. The van der Waals surface area contributed by atoms with Crippen molar-refractivity contribution in [2.24, 2.45) is 0 Å². The fraction of sp³-hybridized carbons (Fsp3) is 0.167. The van der Waals surface area contributed by atoms with Crippen LogP contribution in [0.5, 0.6) is 11.5 Å². The van der Waals surface area contributed by atoms with Gasteiger partial charge in [0.2, 0.25) is 5.91 Å². The van der Waals surface area contributed by atoms with Gasteiger partial charge in [-0.3, -0.25) is 9.59 Å². The average Bonchev–Trinajstić information content (AvgIpc) is 2.72. The first-order valence-corrected chi connectivity index (χ1v) is 9.50. The summed E-state index contributed by atoms with van der Waals surface area (Å²) in [6, 6.07) is 20.1. The molecule has 0 radical (unpaired) electrons. The number of rotatable bonds is 7. The molecule has 0 aliphatic heterocycles. The van der Waals surface area contributed by atoms with Crippen LogP contribution in [0.3, 0.4) is 0 Å². The molecule has 0 aromatic heterocycles. The normalized spacial score (nSPS) is 10.2. The van der Waals surface area contributed by atoms with Crippen LogP contribution in [0.2, 0.25) is 0 Å². The van der Waals surface area contributed by atoms with Gasteiger partial charge in [0.25, 0.3) is 5.91 Å². The van der Waals surface area contributed by atoms with E-state index >= 15 is 0 Å². The smallest absolute Gasteiger partial charge is 0.255 e. The van der Waals surface area contributed by atoms with Crippen molar-refractivity contribution in [3.63, 3.8) is 0 Å². The van der Waals surface area contributed by atoms with Crippen molar-refractivity contribution in [2.45, 2.75) is 20.5 Å². The van der Waals surface area contributed by atoms with Gasteiger partial charge >= 0.3 is 0 Å². The number of carbonyl (C=O) groups excluding carboxylic acids is 2. The molecule has 0 fully saturated rings. The minimum atomic E-state index is -0.311. The van der Waals surface area contributed by atoms with Gasteiger partial charge in [0.05, 0.1) is 12.8 Å². The fourth-order valence-electron chi connectivity index (χ4n) is 2.98. The molecule has 6 heteroatoms. The van der Waals surface area contributed by atoms with Crippen molar-refractivity contribution in [1.82, 2.24) is 0 Å². The van der Waals surface area contributed by atoms with Gasteiger partial charge in [-0.25, -0.2) is 0 Å². The number of methoxy groups -OCH3 is 1. The van der Waals surface area contributed by atoms with Crippen molar-refractivity contribution in [2.75, 3.05) is 17.7 Å². The summed E-state index contributed by atoms with van der Waals surface area (Å²) in [5.74, 6) is 0.581. The van der Waals surface area contributed by atoms with Crippen molar-refractivity contribution >= 4 is 23.2 Å². The lowest BCUT2D eigenvalue weighted by molar-refractivity contribution is -0.114. The third-order valence-electron chi connectivity index (χ3n) is 4.35. The van der Waals surface area contributed by atoms with Crippen LogP contribution in [-0.2, 0) is 11.4 Å². The van der Waals surface area contributed by atoms with Gasteiger partial charge in [-0.15, -0.1) is 0 Å². The highest BCUT2D eigenvalue weighted by Gasteiger charge is 2.12. The summed E-state index contributed by atoms with van der Waals surface area (Å²) in [6.45, 7) is 3.87. The maximum absolute atomic E-state index is 12.8. The second-order valence-electron chi connectivity index (χ2n) is 6.86. The minimum Gasteiger partial charge on any atom is -0.495 e. The van der Waals surface area contributed by atoms with Crippen molar-refractivity contribution in [3.8, 4) is 11.5 Å². The number of aryl methyl sites for hydroxylation is 1. The number of amides is 2. The largest absolute Gasteiger partial charge is 0.495 e. The molecule has 6 nitrogen and oxygen atoms in total. The van der Waals surface area contributed by atoms with E-state index in [0.717, 1.165) is 5.56 Å². The molecule has 2 amide bonds. The predicted octanol–water partition coefficient (Wildman–Crippen LogP) is 4.79. The van der Waals surface area contributed by atoms with Gasteiger partial charge in [0.1, 0.15) is 18.1 Å². The summed E-state index contributed by atoms with van der Waals surface area (Å²) in [7, 11) is 1.52. The molecule has 30 heavy (non-hydrogen) atoms. The molecule has 3 aromatic rings. The van der Waals surface area contributed by atoms with E-state index in [-0.39, 0.29) is 11.8 Å². The molecule has 0 bridgehead atoms. The Labute approximate surface area is 175 Å². The number of carbonyl (C=O) groups is 2. The Morgan fingerprint density at radius 2 is 1.73 bits per heavy atom. The number of ether oxygens (including phenoxy) is 2. The molecule has 0 unspecified atom stereocenters. The summed E-state index contributed by atoms with van der Waals surface area (Å²) >= 11 is 0. The number of benzene rings is 3. The zero-order valence-electron chi connectivity index (χ0n) is 17.2. The lowest BCUT2D eigenvalue weighted by Crippen LogP contribution is -2.13. The molecular weight excluding hydrogens is 380 g/mol. The van der Waals surface area contributed by atoms with Gasteiger partial charge in [-0.2, -0.15) is 0 Å². The summed E-state index contributed by atoms with van der Waals surface area (Å²) in [6.07, 6.45) is 0. The van der Waals surface area contributed by atoms with Crippen molar-refractivity contribution < 1.29 is 19.1 Å². The van der Waals surface area contributed by atoms with Crippen LogP contribution in [0.4, 0.5) is 11.4 Å². The summed E-state index contributed by atoms with van der Waals surface area (Å²) in [5.41, 5.74) is 3.70. The quantitative estimate of drug-likeness (QED) is 0.593. The van der Waals surface area contributed by atoms with Crippen LogP contribution in [0.1, 0.15) is 28.4 Å². The van der Waals surface area contributed by atoms with Crippen LogP contribution in [0, 0.1) is 6.92 Å². The number of nitrogens with one attached hydrogen (secondary N) is 2. The van der Waals surface area contributed by atoms with Gasteiger partial charge in [0, 0.05) is 18.2 Å². The van der Waals surface area contributed by atoms with Crippen LogP contribution in [0.25, 0.3) is 0 Å². The zero-order valence-corrected chi connectivity index (χ0v) is 17.2. The average molecular weight is 404 g/mol. The van der Waals surface area contributed by atoms with Gasteiger partial charge in [-0.1, -0.05) is 35.9 Å². The van der Waals surface area contributed by atoms with E-state index in [0.29, 0.717) is 35.0 Å². The maximum atomic E-state index is 12.8. The standard InChI is InChI=1S/C24H24N2O4/c1-16-6-4-7-18(12-16)15-30-21-9-5-8-19(13-21)24(28)26-22-14-20(25-17(2)27)10-11-23(22)29-3/h4-14H,15H2,1-3H3,(H,25,27)(H,26,28). The molecule has 3 rings (SSSR count). The summed E-state index contributed by atoms with van der Waals surface area (Å²) in [5, 5.41) is 5.52. The molecule has 0 aliphatic carbocycles. The molecule has 3 aromatic carbocycles. The molecular formula is C24H24N2O4. The summed E-state index contributed by atoms with van der Waals surface area (Å²) in [4.78, 5) is 24.1. The zero-order chi connectivity index (χ0) is 21.5. The number of hydrogen-bond donors (Lipinski definition) is 2. The first kappa shape index (κ1) is 20.9. The third-order valence-corrected chi connectivity index (χ3v) is 4.35. The van der Waals surface area contributed by atoms with Gasteiger partial charge in [0.15, 0.2) is 0 Å². The highest BCUT2D eigenvalue weighted by atomic mass is 16.5. The Balaban J connectivity index is 1.73. The Morgan fingerprint density at radius 3 is 2.47 bits per heavy atom. The highest BCUT2D eigenvalue weighted by molar-refractivity contribution is 6.05. The van der Waals surface area contributed by atoms with E-state index < -0.39 is 0 Å².